The minimum absolute atomic E-state index is 0.0386. The molecule has 1 aromatic carbocycles. The molecule has 8 nitrogen and oxygen atoms in total. The van der Waals surface area contributed by atoms with Crippen LogP contribution in [0.15, 0.2) is 47.7 Å². The largest absolute Gasteiger partial charge is 0.354 e. The first-order valence-corrected chi connectivity index (χ1v) is 13.3. The van der Waals surface area contributed by atoms with E-state index in [1.807, 2.05) is 37.0 Å². The molecule has 0 radical (unpaired) electrons. The van der Waals surface area contributed by atoms with Crippen molar-refractivity contribution in [2.45, 2.75) is 37.6 Å². The zero-order chi connectivity index (χ0) is 23.2. The molecule has 0 N–H and O–H groups in total. The Morgan fingerprint density at radius 3 is 2.67 bits per heavy atom. The second-order valence-corrected chi connectivity index (χ2v) is 11.2. The molecule has 1 saturated heterocycles. The summed E-state index contributed by atoms with van der Waals surface area (Å²) in [6.07, 6.45) is 10.5. The predicted octanol–water partition coefficient (Wildman–Crippen LogP) is 3.01. The number of sulfonamides is 1. The molecule has 1 aliphatic heterocycles. The topological polar surface area (TPSA) is 83.7 Å². The van der Waals surface area contributed by atoms with Crippen LogP contribution in [0, 0.1) is 0 Å². The summed E-state index contributed by atoms with van der Waals surface area (Å²) in [5, 5.41) is 5.77. The Hall–Kier alpha value is -2.78. The standard InChI is InChI=1S/C24H30N6O2S/c1-18-16-28(11-12-29(18)33(3,31)32)23-14-21(7-10-26-23)30-22-13-20(6-5-19(22)15-27-30)24(17-25-2)8-4-9-24/h5-7,10,13-15,17-18H,4,8-9,11-12,16H2,1-3H3/t18-/m0/s1. The van der Waals surface area contributed by atoms with Crippen molar-refractivity contribution in [3.8, 4) is 5.69 Å². The SMILES string of the molecule is CN=CC1(c2ccc3cnn(-c4ccnc(N5CCN(S(C)(=O)=O)[C@@H](C)C5)c4)c3c2)CCC1. The molecule has 2 fully saturated rings. The van der Waals surface area contributed by atoms with Crippen LogP contribution in [0.1, 0.15) is 31.7 Å². The highest BCUT2D eigenvalue weighted by atomic mass is 32.2. The zero-order valence-corrected chi connectivity index (χ0v) is 20.2. The van der Waals surface area contributed by atoms with Crippen LogP contribution in [0.4, 0.5) is 5.82 Å². The number of hydrogen-bond donors (Lipinski definition) is 0. The van der Waals surface area contributed by atoms with Gasteiger partial charge in [-0.05, 0) is 37.5 Å². The molecule has 33 heavy (non-hydrogen) atoms. The molecule has 1 aliphatic carbocycles. The van der Waals surface area contributed by atoms with Gasteiger partial charge in [-0.25, -0.2) is 18.1 Å². The van der Waals surface area contributed by atoms with Gasteiger partial charge in [0.15, 0.2) is 0 Å². The van der Waals surface area contributed by atoms with E-state index >= 15 is 0 Å². The quantitative estimate of drug-likeness (QED) is 0.540. The molecule has 0 bridgehead atoms. The van der Waals surface area contributed by atoms with Gasteiger partial charge in [-0.1, -0.05) is 18.6 Å². The Kier molecular flexibility index (Phi) is 5.49. The van der Waals surface area contributed by atoms with E-state index in [0.29, 0.717) is 19.6 Å². The van der Waals surface area contributed by atoms with Gasteiger partial charge in [0.25, 0.3) is 0 Å². The van der Waals surface area contributed by atoms with Crippen LogP contribution in [-0.4, -0.2) is 72.7 Å². The first-order chi connectivity index (χ1) is 15.8. The number of hydrogen-bond acceptors (Lipinski definition) is 6. The van der Waals surface area contributed by atoms with Crippen LogP contribution in [0.2, 0.25) is 0 Å². The van der Waals surface area contributed by atoms with Gasteiger partial charge in [-0.2, -0.15) is 9.40 Å². The summed E-state index contributed by atoms with van der Waals surface area (Å²) in [6, 6.07) is 10.5. The molecule has 0 unspecified atom stereocenters. The van der Waals surface area contributed by atoms with E-state index in [9.17, 15) is 8.42 Å². The molecule has 0 spiro atoms. The monoisotopic (exact) mass is 466 g/mol. The van der Waals surface area contributed by atoms with Gasteiger partial charge < -0.3 is 4.90 Å². The maximum atomic E-state index is 12.0. The van der Waals surface area contributed by atoms with Crippen molar-refractivity contribution < 1.29 is 8.42 Å². The van der Waals surface area contributed by atoms with E-state index in [1.54, 1.807) is 10.5 Å². The fraction of sp³-hybridized carbons (Fsp3) is 0.458. The average molecular weight is 467 g/mol. The van der Waals surface area contributed by atoms with Crippen LogP contribution in [0.3, 0.4) is 0 Å². The van der Waals surface area contributed by atoms with Gasteiger partial charge >= 0.3 is 0 Å². The van der Waals surface area contributed by atoms with Crippen molar-refractivity contribution in [2.24, 2.45) is 4.99 Å². The minimum Gasteiger partial charge on any atom is -0.354 e. The maximum Gasteiger partial charge on any atom is 0.211 e. The molecule has 3 aromatic rings. The van der Waals surface area contributed by atoms with E-state index in [-0.39, 0.29) is 11.5 Å². The second-order valence-electron chi connectivity index (χ2n) is 9.27. The molecular formula is C24H30N6O2S. The van der Waals surface area contributed by atoms with Crippen LogP contribution < -0.4 is 4.90 Å². The molecule has 1 saturated carbocycles. The Morgan fingerprint density at radius 2 is 2.00 bits per heavy atom. The Bertz CT molecular complexity index is 1310. The molecule has 5 rings (SSSR count). The number of rotatable bonds is 5. The van der Waals surface area contributed by atoms with Crippen molar-refractivity contribution in [1.29, 1.82) is 0 Å². The van der Waals surface area contributed by atoms with Gasteiger partial charge in [0, 0.05) is 62.0 Å². The van der Waals surface area contributed by atoms with Gasteiger partial charge in [0.2, 0.25) is 10.0 Å². The van der Waals surface area contributed by atoms with E-state index in [1.165, 1.54) is 18.2 Å². The van der Waals surface area contributed by atoms with Crippen molar-refractivity contribution in [3.05, 3.63) is 48.3 Å². The number of nitrogens with zero attached hydrogens (tertiary/aromatic N) is 6. The fourth-order valence-corrected chi connectivity index (χ4v) is 6.32. The van der Waals surface area contributed by atoms with Gasteiger partial charge in [-0.15, -0.1) is 0 Å². The lowest BCUT2D eigenvalue weighted by molar-refractivity contribution is 0.308. The van der Waals surface area contributed by atoms with E-state index in [4.69, 9.17) is 0 Å². The normalized spacial score (nSPS) is 21.5. The Labute approximate surface area is 195 Å². The third-order valence-electron chi connectivity index (χ3n) is 7.06. The highest BCUT2D eigenvalue weighted by Crippen LogP contribution is 2.43. The second kappa shape index (κ2) is 8.22. The molecular weight excluding hydrogens is 436 g/mol. The van der Waals surface area contributed by atoms with Crippen molar-refractivity contribution in [3.63, 3.8) is 0 Å². The summed E-state index contributed by atoms with van der Waals surface area (Å²) in [4.78, 5) is 11.1. The van der Waals surface area contributed by atoms with Crippen LogP contribution >= 0.6 is 0 Å². The molecule has 174 valence electrons. The Balaban J connectivity index is 1.47. The third kappa shape index (κ3) is 3.93. The van der Waals surface area contributed by atoms with E-state index in [2.05, 4.69) is 44.4 Å². The highest BCUT2D eigenvalue weighted by molar-refractivity contribution is 7.88. The van der Waals surface area contributed by atoms with E-state index in [0.717, 1.165) is 35.2 Å². The van der Waals surface area contributed by atoms with Crippen molar-refractivity contribution >= 4 is 33.0 Å². The first-order valence-electron chi connectivity index (χ1n) is 11.4. The number of aromatic nitrogens is 3. The van der Waals surface area contributed by atoms with Gasteiger partial charge in [0.1, 0.15) is 5.82 Å². The summed E-state index contributed by atoms with van der Waals surface area (Å²) < 4.78 is 27.6. The summed E-state index contributed by atoms with van der Waals surface area (Å²) in [7, 11) is -1.36. The van der Waals surface area contributed by atoms with Crippen LogP contribution in [-0.2, 0) is 15.4 Å². The summed E-state index contributed by atoms with van der Waals surface area (Å²) in [5.41, 5.74) is 3.33. The Morgan fingerprint density at radius 1 is 1.18 bits per heavy atom. The van der Waals surface area contributed by atoms with Gasteiger partial charge in [-0.3, -0.25) is 4.99 Å². The first kappa shape index (κ1) is 22.0. The molecule has 3 heterocycles. The summed E-state index contributed by atoms with van der Waals surface area (Å²) in [6.45, 7) is 3.61. The molecule has 1 atom stereocenters. The highest BCUT2D eigenvalue weighted by Gasteiger charge is 2.37. The number of fused-ring (bicyclic) bond motifs is 1. The lowest BCUT2D eigenvalue weighted by atomic mass is 9.65. The van der Waals surface area contributed by atoms with Crippen LogP contribution in [0.25, 0.3) is 16.6 Å². The van der Waals surface area contributed by atoms with Crippen LogP contribution in [0.5, 0.6) is 0 Å². The number of anilines is 1. The van der Waals surface area contributed by atoms with Crippen molar-refractivity contribution in [2.75, 3.05) is 37.8 Å². The number of piperazine rings is 1. The van der Waals surface area contributed by atoms with Crippen molar-refractivity contribution in [1.82, 2.24) is 19.1 Å². The predicted molar refractivity (Wildman–Crippen MR) is 132 cm³/mol. The average Bonchev–Trinajstić information content (AvgIpc) is 3.19. The summed E-state index contributed by atoms with van der Waals surface area (Å²) >= 11 is 0. The maximum absolute atomic E-state index is 12.0. The molecule has 2 aliphatic rings. The fourth-order valence-electron chi connectivity index (χ4n) is 5.19. The molecule has 9 heteroatoms. The number of pyridine rings is 1. The lowest BCUT2D eigenvalue weighted by Crippen LogP contribution is -2.53. The lowest BCUT2D eigenvalue weighted by Gasteiger charge is -2.39. The number of aliphatic imine (C=N–C) groups is 1. The zero-order valence-electron chi connectivity index (χ0n) is 19.3. The number of benzene rings is 1. The third-order valence-corrected chi connectivity index (χ3v) is 8.45. The summed E-state index contributed by atoms with van der Waals surface area (Å²) in [5.74, 6) is 0.834. The minimum atomic E-state index is -3.20. The smallest absolute Gasteiger partial charge is 0.211 e. The molecule has 2 aromatic heterocycles. The van der Waals surface area contributed by atoms with Gasteiger partial charge in [0.05, 0.1) is 23.7 Å². The molecule has 0 amide bonds. The van der Waals surface area contributed by atoms with E-state index < -0.39 is 10.0 Å².